The van der Waals surface area contributed by atoms with E-state index in [1.807, 2.05) is 21.6 Å². The van der Waals surface area contributed by atoms with Crippen LogP contribution in [0.1, 0.15) is 6.92 Å². The van der Waals surface area contributed by atoms with Crippen LogP contribution in [0.4, 0.5) is 0 Å². The van der Waals surface area contributed by atoms with E-state index in [0.29, 0.717) is 3.41 Å². The number of fused-ring (bicyclic) bond motifs is 1. The van der Waals surface area contributed by atoms with E-state index in [2.05, 4.69) is 6.92 Å². The molecule has 0 aromatic rings. The maximum absolute atomic E-state index is 5.68. The molecule has 32 valence electrons. The SMILES string of the molecule is B#S12SC1(C)S2. The monoisotopic (exact) mass is 134 g/mol. The van der Waals surface area contributed by atoms with Crippen LogP contribution in [-0.4, -0.2) is 9.94 Å². The van der Waals surface area contributed by atoms with Gasteiger partial charge in [0.2, 0.25) is 0 Å². The molecule has 2 fully saturated rings. The standard InChI is InChI=1S/C2H3BS3/c1-2-4-6(2,3)5-2/h1H3. The predicted octanol–water partition coefficient (Wildman–Crippen LogP) is 1.87. The van der Waals surface area contributed by atoms with Crippen LogP contribution in [0.3, 0.4) is 0 Å². The van der Waals surface area contributed by atoms with Gasteiger partial charge < -0.3 is 0 Å². The summed E-state index contributed by atoms with van der Waals surface area (Å²) in [7, 11) is 3.38. The Balaban J connectivity index is 2.65. The summed E-state index contributed by atoms with van der Waals surface area (Å²) in [5.74, 6) is 0. The van der Waals surface area contributed by atoms with Crippen LogP contribution >= 0.6 is 28.9 Å². The van der Waals surface area contributed by atoms with Crippen molar-refractivity contribution in [2.24, 2.45) is 0 Å². The molecule has 2 aliphatic heterocycles. The maximum atomic E-state index is 5.68. The molecule has 0 radical (unpaired) electrons. The molecule has 0 nitrogen and oxygen atoms in total. The molecule has 0 bridgehead atoms. The van der Waals surface area contributed by atoms with Gasteiger partial charge in [0.25, 0.3) is 0 Å². The van der Waals surface area contributed by atoms with Crippen molar-refractivity contribution in [3.05, 3.63) is 0 Å². The van der Waals surface area contributed by atoms with Gasteiger partial charge in [0.15, 0.2) is 0 Å². The first-order valence-electron chi connectivity index (χ1n) is 1.68. The normalized spacial score (nSPS) is 73.2. The van der Waals surface area contributed by atoms with Gasteiger partial charge in [-0.15, -0.1) is 0 Å². The molecule has 0 N–H and O–H groups in total. The fourth-order valence-electron chi connectivity index (χ4n) is 0.422. The average Bonchev–Trinajstić information content (AvgIpc) is 1.78. The van der Waals surface area contributed by atoms with E-state index >= 15 is 0 Å². The third-order valence-electron chi connectivity index (χ3n) is 1.01. The Morgan fingerprint density at radius 3 is 1.83 bits per heavy atom. The molecule has 0 aliphatic carbocycles. The molecule has 0 spiro atoms. The summed E-state index contributed by atoms with van der Waals surface area (Å²) >= 11 is 0. The predicted molar refractivity (Wildman–Crippen MR) is 36.9 cm³/mol. The van der Waals surface area contributed by atoms with Crippen LogP contribution in [0.5, 0.6) is 0 Å². The van der Waals surface area contributed by atoms with Crippen LogP contribution in [0.15, 0.2) is 0 Å². The molecule has 0 saturated carbocycles. The van der Waals surface area contributed by atoms with Crippen molar-refractivity contribution < 1.29 is 0 Å². The third kappa shape index (κ3) is 0.264. The first-order chi connectivity index (χ1) is 2.66. The van der Waals surface area contributed by atoms with Crippen LogP contribution in [0.25, 0.3) is 0 Å². The van der Waals surface area contributed by atoms with Gasteiger partial charge in [0.05, 0.1) is 0 Å². The zero-order valence-electron chi connectivity index (χ0n) is 3.30. The molecule has 2 rings (SSSR count). The number of rotatable bonds is 0. The van der Waals surface area contributed by atoms with Gasteiger partial charge in [-0.3, -0.25) is 0 Å². The molecule has 2 aliphatic rings. The zero-order chi connectivity index (χ0) is 4.41. The second kappa shape index (κ2) is 0.700. The number of hydrogen-bond donors (Lipinski definition) is 0. The third-order valence-corrected chi connectivity index (χ3v) is 12.1. The first kappa shape index (κ1) is 4.04. The molecule has 2 saturated heterocycles. The van der Waals surface area contributed by atoms with Crippen LogP contribution < -0.4 is 0 Å². The van der Waals surface area contributed by atoms with Crippen LogP contribution in [-0.2, 0) is 0 Å². The van der Waals surface area contributed by atoms with E-state index in [1.54, 1.807) is 0 Å². The van der Waals surface area contributed by atoms with E-state index in [9.17, 15) is 0 Å². The Bertz CT molecular complexity index is 184. The topological polar surface area (TPSA) is 0 Å². The van der Waals surface area contributed by atoms with Crippen LogP contribution in [0.2, 0.25) is 0 Å². The Morgan fingerprint density at radius 1 is 1.67 bits per heavy atom. The van der Waals surface area contributed by atoms with Gasteiger partial charge in [-0.25, -0.2) is 0 Å². The summed E-state index contributed by atoms with van der Waals surface area (Å²) in [6.45, 7) is 7.90. The molecule has 0 aromatic carbocycles. The average molecular weight is 134 g/mol. The van der Waals surface area contributed by atoms with Crippen molar-refractivity contribution >= 4 is 35.4 Å². The zero-order valence-corrected chi connectivity index (χ0v) is 5.75. The summed E-state index contributed by atoms with van der Waals surface area (Å²) in [6.07, 6.45) is 0. The fraction of sp³-hybridized carbons (Fsp3) is 1.00. The summed E-state index contributed by atoms with van der Waals surface area (Å²) in [5.41, 5.74) is 0. The van der Waals surface area contributed by atoms with Crippen molar-refractivity contribution in [1.29, 1.82) is 0 Å². The second-order valence-electron chi connectivity index (χ2n) is 1.57. The van der Waals surface area contributed by atoms with Crippen molar-refractivity contribution in [2.75, 3.05) is 0 Å². The van der Waals surface area contributed by atoms with Crippen molar-refractivity contribution in [1.82, 2.24) is 0 Å². The quantitative estimate of drug-likeness (QED) is 0.282. The minimum absolute atomic E-state index is 0.516. The van der Waals surface area contributed by atoms with Crippen LogP contribution in [0, 0.1) is 0 Å². The van der Waals surface area contributed by atoms with Gasteiger partial charge in [0.1, 0.15) is 0 Å². The first-order valence-corrected chi connectivity index (χ1v) is 6.04. The summed E-state index contributed by atoms with van der Waals surface area (Å²) in [5, 5.41) is 0. The van der Waals surface area contributed by atoms with Crippen molar-refractivity contribution in [3.63, 3.8) is 0 Å². The molecule has 0 atom stereocenters. The minimum atomic E-state index is -0.516. The van der Waals surface area contributed by atoms with E-state index in [4.69, 9.17) is 6.53 Å². The summed E-state index contributed by atoms with van der Waals surface area (Å²) < 4.78 is 0.549. The molecular weight excluding hydrogens is 131 g/mol. The molecule has 4 heteroatoms. The van der Waals surface area contributed by atoms with Gasteiger partial charge in [0, 0.05) is 0 Å². The van der Waals surface area contributed by atoms with E-state index in [-0.39, 0.29) is 0 Å². The molecule has 0 aromatic heterocycles. The molecule has 0 amide bonds. The Labute approximate surface area is 46.0 Å². The Morgan fingerprint density at radius 2 is 1.83 bits per heavy atom. The van der Waals surface area contributed by atoms with Gasteiger partial charge in [-0.2, -0.15) is 0 Å². The molecule has 0 unspecified atom stereocenters. The van der Waals surface area contributed by atoms with Crippen molar-refractivity contribution in [2.45, 2.75) is 10.3 Å². The Hall–Kier alpha value is 1.11. The van der Waals surface area contributed by atoms with Gasteiger partial charge in [-0.05, 0) is 0 Å². The summed E-state index contributed by atoms with van der Waals surface area (Å²) in [4.78, 5) is 0. The van der Waals surface area contributed by atoms with Gasteiger partial charge >= 0.3 is 45.8 Å². The van der Waals surface area contributed by atoms with E-state index in [1.165, 1.54) is 0 Å². The Kier molecular flexibility index (Phi) is 0.472. The van der Waals surface area contributed by atoms with Gasteiger partial charge in [-0.1, -0.05) is 0 Å². The van der Waals surface area contributed by atoms with E-state index < -0.39 is 7.33 Å². The second-order valence-corrected chi connectivity index (χ2v) is 11.0. The molecule has 2 heterocycles. The molecular formula is C2H3BS3. The fourth-order valence-corrected chi connectivity index (χ4v) is 9.66. The van der Waals surface area contributed by atoms with E-state index in [0.717, 1.165) is 0 Å². The number of hydrogen-bond acceptors (Lipinski definition) is 2. The summed E-state index contributed by atoms with van der Waals surface area (Å²) in [6, 6.07) is 0. The van der Waals surface area contributed by atoms with Crippen molar-refractivity contribution in [3.8, 4) is 0 Å². The molecule has 6 heavy (non-hydrogen) atoms.